The topological polar surface area (TPSA) is 43.7 Å². The van der Waals surface area contributed by atoms with Crippen molar-refractivity contribution in [2.75, 3.05) is 19.7 Å². The van der Waals surface area contributed by atoms with Crippen LogP contribution in [-0.2, 0) is 0 Å². The molecule has 1 aliphatic heterocycles. The number of hydrogen-bond acceptors (Lipinski definition) is 3. The third kappa shape index (κ3) is 2.68. The number of hydrogen-bond donors (Lipinski definition) is 2. The van der Waals surface area contributed by atoms with Crippen molar-refractivity contribution in [1.82, 2.24) is 4.90 Å². The van der Waals surface area contributed by atoms with E-state index in [0.29, 0.717) is 5.75 Å². The Morgan fingerprint density at radius 2 is 1.94 bits per heavy atom. The summed E-state index contributed by atoms with van der Waals surface area (Å²) in [6.45, 7) is 6.42. The Hall–Kier alpha value is -1.06. The molecule has 100 valence electrons. The fourth-order valence-corrected chi connectivity index (χ4v) is 2.88. The van der Waals surface area contributed by atoms with Gasteiger partial charge in [0.2, 0.25) is 0 Å². The van der Waals surface area contributed by atoms with E-state index in [1.165, 1.54) is 18.4 Å². The average molecular weight is 249 g/mol. The molecule has 1 heterocycles. The Kier molecular flexibility index (Phi) is 4.25. The summed E-state index contributed by atoms with van der Waals surface area (Å²) in [4.78, 5) is 2.45. The zero-order valence-electron chi connectivity index (χ0n) is 11.3. The Morgan fingerprint density at radius 3 is 2.50 bits per heavy atom. The van der Waals surface area contributed by atoms with Crippen LogP contribution in [0.25, 0.3) is 0 Å². The van der Waals surface area contributed by atoms with Gasteiger partial charge in [-0.25, -0.2) is 0 Å². The summed E-state index contributed by atoms with van der Waals surface area (Å²) >= 11 is 0. The molecule has 1 saturated heterocycles. The summed E-state index contributed by atoms with van der Waals surface area (Å²) in [5, 5.41) is 19.1. The van der Waals surface area contributed by atoms with E-state index in [4.69, 9.17) is 0 Å². The zero-order chi connectivity index (χ0) is 13.1. The van der Waals surface area contributed by atoms with E-state index in [2.05, 4.69) is 11.8 Å². The Morgan fingerprint density at radius 1 is 1.28 bits per heavy atom. The van der Waals surface area contributed by atoms with Crippen LogP contribution < -0.4 is 0 Å². The maximum atomic E-state index is 9.62. The maximum absolute atomic E-state index is 9.62. The number of aliphatic hydroxyl groups is 1. The highest BCUT2D eigenvalue weighted by atomic mass is 16.3. The number of phenolic OH excluding ortho intramolecular Hbond substituents is 1. The Balaban J connectivity index is 2.29. The minimum atomic E-state index is 0.196. The quantitative estimate of drug-likeness (QED) is 0.861. The molecule has 1 aliphatic rings. The molecular weight excluding hydrogens is 226 g/mol. The van der Waals surface area contributed by atoms with Crippen LogP contribution in [0.2, 0.25) is 0 Å². The zero-order valence-corrected chi connectivity index (χ0v) is 11.3. The minimum Gasteiger partial charge on any atom is -0.508 e. The van der Waals surface area contributed by atoms with Crippen LogP contribution in [0.4, 0.5) is 0 Å². The van der Waals surface area contributed by atoms with Crippen LogP contribution in [0.3, 0.4) is 0 Å². The highest BCUT2D eigenvalue weighted by molar-refractivity contribution is 5.36. The third-order valence-corrected chi connectivity index (χ3v) is 3.92. The van der Waals surface area contributed by atoms with Crippen LogP contribution in [0, 0.1) is 12.8 Å². The van der Waals surface area contributed by atoms with Crippen molar-refractivity contribution < 1.29 is 10.2 Å². The number of likely N-dealkylation sites (tertiary alicyclic amines) is 1. The lowest BCUT2D eigenvalue weighted by molar-refractivity contribution is 0.126. The number of phenols is 1. The minimum absolute atomic E-state index is 0.196. The van der Waals surface area contributed by atoms with Gasteiger partial charge in [0, 0.05) is 12.6 Å². The van der Waals surface area contributed by atoms with Crippen molar-refractivity contribution in [1.29, 1.82) is 0 Å². The van der Waals surface area contributed by atoms with E-state index < -0.39 is 0 Å². The Bertz CT molecular complexity index is 399. The number of aromatic hydroxyl groups is 1. The standard InChI is InChI=1S/C15H23NO2/c1-11-9-13(5-6-14(11)18)15(12(2)10-17)16-7-3-4-8-16/h5-6,9,12,15,17-18H,3-4,7-8,10H2,1-2H3. The predicted octanol–water partition coefficient (Wildman–Crippen LogP) is 2.47. The van der Waals surface area contributed by atoms with E-state index in [-0.39, 0.29) is 18.6 Å². The average Bonchev–Trinajstić information content (AvgIpc) is 2.87. The van der Waals surface area contributed by atoms with E-state index in [9.17, 15) is 10.2 Å². The first-order valence-corrected chi connectivity index (χ1v) is 6.78. The van der Waals surface area contributed by atoms with Crippen molar-refractivity contribution in [3.63, 3.8) is 0 Å². The van der Waals surface area contributed by atoms with Crippen molar-refractivity contribution >= 4 is 0 Å². The molecule has 3 heteroatoms. The molecule has 0 amide bonds. The summed E-state index contributed by atoms with van der Waals surface area (Å²) < 4.78 is 0. The number of nitrogens with zero attached hydrogens (tertiary/aromatic N) is 1. The normalized spacial score (nSPS) is 19.9. The molecule has 0 radical (unpaired) electrons. The number of benzene rings is 1. The Labute approximate surface area is 109 Å². The van der Waals surface area contributed by atoms with E-state index in [1.807, 2.05) is 19.1 Å². The summed E-state index contributed by atoms with van der Waals surface area (Å²) in [6, 6.07) is 6.05. The van der Waals surface area contributed by atoms with Crippen LogP contribution in [0.15, 0.2) is 18.2 Å². The molecule has 0 aliphatic carbocycles. The van der Waals surface area contributed by atoms with Crippen molar-refractivity contribution in [3.05, 3.63) is 29.3 Å². The highest BCUT2D eigenvalue weighted by Gasteiger charge is 2.28. The second-order valence-electron chi connectivity index (χ2n) is 5.39. The molecule has 0 saturated carbocycles. The van der Waals surface area contributed by atoms with Crippen LogP contribution in [0.1, 0.15) is 36.9 Å². The molecule has 18 heavy (non-hydrogen) atoms. The lowest BCUT2D eigenvalue weighted by Gasteiger charge is -2.32. The second-order valence-corrected chi connectivity index (χ2v) is 5.39. The largest absolute Gasteiger partial charge is 0.508 e. The molecule has 2 atom stereocenters. The number of aryl methyl sites for hydroxylation is 1. The SMILES string of the molecule is Cc1cc(C(C(C)CO)N2CCCC2)ccc1O. The maximum Gasteiger partial charge on any atom is 0.118 e. The van der Waals surface area contributed by atoms with Crippen LogP contribution in [0.5, 0.6) is 5.75 Å². The first kappa shape index (κ1) is 13.4. The first-order valence-electron chi connectivity index (χ1n) is 6.78. The molecule has 0 spiro atoms. The van der Waals surface area contributed by atoms with Gasteiger partial charge in [-0.1, -0.05) is 19.1 Å². The molecule has 2 unspecified atom stereocenters. The van der Waals surface area contributed by atoms with Gasteiger partial charge in [-0.2, -0.15) is 0 Å². The summed E-state index contributed by atoms with van der Waals surface area (Å²) in [6.07, 6.45) is 2.48. The molecule has 1 aromatic carbocycles. The van der Waals surface area contributed by atoms with Crippen molar-refractivity contribution in [2.24, 2.45) is 5.92 Å². The molecular formula is C15H23NO2. The number of aliphatic hydroxyl groups excluding tert-OH is 1. The van der Waals surface area contributed by atoms with Crippen LogP contribution >= 0.6 is 0 Å². The molecule has 1 fully saturated rings. The van der Waals surface area contributed by atoms with Crippen molar-refractivity contribution in [3.8, 4) is 5.75 Å². The molecule has 3 nitrogen and oxygen atoms in total. The lowest BCUT2D eigenvalue weighted by atomic mass is 9.92. The smallest absolute Gasteiger partial charge is 0.118 e. The molecule has 2 rings (SSSR count). The van der Waals surface area contributed by atoms with E-state index >= 15 is 0 Å². The van der Waals surface area contributed by atoms with Gasteiger partial charge in [-0.15, -0.1) is 0 Å². The van der Waals surface area contributed by atoms with Gasteiger partial charge in [-0.05, 0) is 56.0 Å². The first-order chi connectivity index (χ1) is 8.63. The summed E-state index contributed by atoms with van der Waals surface area (Å²) in [7, 11) is 0. The van der Waals surface area contributed by atoms with Crippen LogP contribution in [-0.4, -0.2) is 34.8 Å². The van der Waals surface area contributed by atoms with Gasteiger partial charge in [0.25, 0.3) is 0 Å². The second kappa shape index (κ2) is 5.72. The fourth-order valence-electron chi connectivity index (χ4n) is 2.88. The monoisotopic (exact) mass is 249 g/mol. The predicted molar refractivity (Wildman–Crippen MR) is 72.6 cm³/mol. The molecule has 0 bridgehead atoms. The van der Waals surface area contributed by atoms with Crippen molar-refractivity contribution in [2.45, 2.75) is 32.7 Å². The highest BCUT2D eigenvalue weighted by Crippen LogP contribution is 2.33. The third-order valence-electron chi connectivity index (χ3n) is 3.92. The van der Waals surface area contributed by atoms with Gasteiger partial charge >= 0.3 is 0 Å². The van der Waals surface area contributed by atoms with Gasteiger partial charge in [0.15, 0.2) is 0 Å². The number of rotatable bonds is 4. The van der Waals surface area contributed by atoms with Gasteiger partial charge in [0.1, 0.15) is 5.75 Å². The van der Waals surface area contributed by atoms with Gasteiger partial charge < -0.3 is 10.2 Å². The fraction of sp³-hybridized carbons (Fsp3) is 0.600. The van der Waals surface area contributed by atoms with Gasteiger partial charge in [-0.3, -0.25) is 4.90 Å². The van der Waals surface area contributed by atoms with E-state index in [1.54, 1.807) is 6.07 Å². The van der Waals surface area contributed by atoms with E-state index in [0.717, 1.165) is 18.7 Å². The lowest BCUT2D eigenvalue weighted by Crippen LogP contribution is -2.32. The van der Waals surface area contributed by atoms with Gasteiger partial charge in [0.05, 0.1) is 0 Å². The molecule has 1 aromatic rings. The summed E-state index contributed by atoms with van der Waals surface area (Å²) in [5.74, 6) is 0.558. The summed E-state index contributed by atoms with van der Waals surface area (Å²) in [5.41, 5.74) is 2.11. The molecule has 2 N–H and O–H groups in total. The molecule has 0 aromatic heterocycles.